The van der Waals surface area contributed by atoms with Gasteiger partial charge >= 0.3 is 5.97 Å². The van der Waals surface area contributed by atoms with Gasteiger partial charge in [0.1, 0.15) is 0 Å². The Morgan fingerprint density at radius 3 is 2.41 bits per heavy atom. The number of anilines is 1. The Hall–Kier alpha value is -2.82. The van der Waals surface area contributed by atoms with Gasteiger partial charge in [0.15, 0.2) is 5.71 Å². The second kappa shape index (κ2) is 7.26. The van der Waals surface area contributed by atoms with Crippen molar-refractivity contribution in [2.45, 2.75) is 6.92 Å². The summed E-state index contributed by atoms with van der Waals surface area (Å²) in [4.78, 5) is 12.0. The van der Waals surface area contributed by atoms with E-state index in [4.69, 9.17) is 4.74 Å². The molecular weight excluding hydrogens is 280 g/mol. The van der Waals surface area contributed by atoms with E-state index in [1.807, 2.05) is 43.4 Å². The largest absolute Gasteiger partial charge is 0.461 e. The third-order valence-corrected chi connectivity index (χ3v) is 3.24. The molecule has 0 bridgehead atoms. The van der Waals surface area contributed by atoms with Crippen molar-refractivity contribution in [3.8, 4) is 11.1 Å². The van der Waals surface area contributed by atoms with Crippen molar-refractivity contribution in [3.05, 3.63) is 54.1 Å². The van der Waals surface area contributed by atoms with E-state index in [0.717, 1.165) is 16.8 Å². The highest BCUT2D eigenvalue weighted by Crippen LogP contribution is 2.30. The van der Waals surface area contributed by atoms with E-state index in [2.05, 4.69) is 10.5 Å². The van der Waals surface area contributed by atoms with Crippen LogP contribution in [-0.2, 0) is 9.53 Å². The summed E-state index contributed by atoms with van der Waals surface area (Å²) >= 11 is 0. The fraction of sp³-hybridized carbons (Fsp3) is 0.176. The van der Waals surface area contributed by atoms with Crippen molar-refractivity contribution in [3.63, 3.8) is 0 Å². The molecule has 22 heavy (non-hydrogen) atoms. The lowest BCUT2D eigenvalue weighted by Crippen LogP contribution is -2.19. The molecule has 5 heteroatoms. The van der Waals surface area contributed by atoms with Gasteiger partial charge in [-0.15, -0.1) is 0 Å². The average molecular weight is 298 g/mol. The van der Waals surface area contributed by atoms with Crippen LogP contribution in [0, 0.1) is 0 Å². The number of carbonyl (C=O) groups excluding carboxylic acids is 1. The summed E-state index contributed by atoms with van der Waals surface area (Å²) in [7, 11) is 1.83. The Balaban J connectivity index is 2.58. The normalized spacial score (nSPS) is 11.1. The van der Waals surface area contributed by atoms with Crippen molar-refractivity contribution in [1.82, 2.24) is 0 Å². The van der Waals surface area contributed by atoms with E-state index in [1.165, 1.54) is 0 Å². The number of nitrogens with zero attached hydrogens (tertiary/aromatic N) is 1. The smallest absolute Gasteiger partial charge is 0.361 e. The molecule has 0 heterocycles. The average Bonchev–Trinajstić information content (AvgIpc) is 2.56. The van der Waals surface area contributed by atoms with Crippen molar-refractivity contribution in [2.75, 3.05) is 19.0 Å². The Labute approximate surface area is 129 Å². The zero-order chi connectivity index (χ0) is 15.9. The molecule has 0 aromatic heterocycles. The molecule has 2 rings (SSSR count). The van der Waals surface area contributed by atoms with E-state index in [9.17, 15) is 10.0 Å². The van der Waals surface area contributed by atoms with Crippen LogP contribution in [0.25, 0.3) is 11.1 Å². The maximum Gasteiger partial charge on any atom is 0.361 e. The third kappa shape index (κ3) is 3.09. The van der Waals surface area contributed by atoms with Gasteiger partial charge in [-0.1, -0.05) is 47.6 Å². The van der Waals surface area contributed by atoms with Gasteiger partial charge in [-0.05, 0) is 18.6 Å². The Morgan fingerprint density at radius 1 is 1.14 bits per heavy atom. The van der Waals surface area contributed by atoms with Gasteiger partial charge in [0.25, 0.3) is 0 Å². The number of para-hydroxylation sites is 1. The molecular formula is C17H18N2O3. The second-order valence-electron chi connectivity index (χ2n) is 4.51. The van der Waals surface area contributed by atoms with Gasteiger partial charge in [-0.3, -0.25) is 0 Å². The molecule has 0 aliphatic rings. The lowest BCUT2D eigenvalue weighted by atomic mass is 9.95. The molecule has 0 spiro atoms. The standard InChI is InChI=1S/C17H18N2O3/c1-3-22-17(20)16(19-21)14-10-5-4-8-12(14)13-9-6-7-11-15(13)18-2/h4-11,18,21H,3H2,1-2H3. The van der Waals surface area contributed by atoms with Crippen LogP contribution in [0.2, 0.25) is 0 Å². The molecule has 5 nitrogen and oxygen atoms in total. The molecule has 0 fully saturated rings. The van der Waals surface area contributed by atoms with Crippen LogP contribution in [0.3, 0.4) is 0 Å². The number of ether oxygens (including phenoxy) is 1. The second-order valence-corrected chi connectivity index (χ2v) is 4.51. The minimum Gasteiger partial charge on any atom is -0.461 e. The maximum absolute atomic E-state index is 12.0. The summed E-state index contributed by atoms with van der Waals surface area (Å²) in [6.07, 6.45) is 0. The van der Waals surface area contributed by atoms with E-state index in [-0.39, 0.29) is 12.3 Å². The van der Waals surface area contributed by atoms with Crippen LogP contribution in [0.5, 0.6) is 0 Å². The highest BCUT2D eigenvalue weighted by Gasteiger charge is 2.20. The van der Waals surface area contributed by atoms with E-state index < -0.39 is 5.97 Å². The number of oxime groups is 1. The van der Waals surface area contributed by atoms with Crippen LogP contribution < -0.4 is 5.32 Å². The van der Waals surface area contributed by atoms with E-state index in [0.29, 0.717) is 5.56 Å². The van der Waals surface area contributed by atoms with Gasteiger partial charge < -0.3 is 15.3 Å². The number of nitrogens with one attached hydrogen (secondary N) is 1. The molecule has 114 valence electrons. The lowest BCUT2D eigenvalue weighted by Gasteiger charge is -2.13. The van der Waals surface area contributed by atoms with Gasteiger partial charge in [-0.25, -0.2) is 4.79 Å². The predicted octanol–water partition coefficient (Wildman–Crippen LogP) is 3.14. The molecule has 0 saturated carbocycles. The van der Waals surface area contributed by atoms with E-state index in [1.54, 1.807) is 19.1 Å². The molecule has 0 radical (unpaired) electrons. The van der Waals surface area contributed by atoms with Gasteiger partial charge in [-0.2, -0.15) is 0 Å². The monoisotopic (exact) mass is 298 g/mol. The van der Waals surface area contributed by atoms with Gasteiger partial charge in [0.2, 0.25) is 0 Å². The molecule has 0 atom stereocenters. The lowest BCUT2D eigenvalue weighted by molar-refractivity contribution is -0.135. The first kappa shape index (κ1) is 15.6. The Morgan fingerprint density at radius 2 is 1.77 bits per heavy atom. The number of carbonyl (C=O) groups is 1. The summed E-state index contributed by atoms with van der Waals surface area (Å²) < 4.78 is 4.95. The molecule has 0 saturated heterocycles. The van der Waals surface area contributed by atoms with E-state index >= 15 is 0 Å². The number of esters is 1. The predicted molar refractivity (Wildman–Crippen MR) is 86.4 cm³/mol. The third-order valence-electron chi connectivity index (χ3n) is 3.24. The SMILES string of the molecule is CCOC(=O)C(=NO)c1ccccc1-c1ccccc1NC. The fourth-order valence-electron chi connectivity index (χ4n) is 2.26. The summed E-state index contributed by atoms with van der Waals surface area (Å²) in [6.45, 7) is 1.92. The molecule has 2 aromatic carbocycles. The number of benzene rings is 2. The summed E-state index contributed by atoms with van der Waals surface area (Å²) in [5, 5.41) is 15.5. The Bertz CT molecular complexity index is 696. The molecule has 0 amide bonds. The molecule has 2 aromatic rings. The first-order chi connectivity index (χ1) is 10.7. The number of rotatable bonds is 5. The zero-order valence-corrected chi connectivity index (χ0v) is 12.5. The minimum absolute atomic E-state index is 0.108. The van der Waals surface area contributed by atoms with Gasteiger partial charge in [0.05, 0.1) is 6.61 Å². The molecule has 0 unspecified atom stereocenters. The highest BCUT2D eigenvalue weighted by molar-refractivity contribution is 6.44. The number of hydrogen-bond acceptors (Lipinski definition) is 5. The summed E-state index contributed by atoms with van der Waals surface area (Å²) in [5.41, 5.74) is 3.02. The van der Waals surface area contributed by atoms with Crippen LogP contribution in [0.1, 0.15) is 12.5 Å². The maximum atomic E-state index is 12.0. The first-order valence-corrected chi connectivity index (χ1v) is 6.98. The quantitative estimate of drug-likeness (QED) is 0.385. The van der Waals surface area contributed by atoms with Crippen LogP contribution >= 0.6 is 0 Å². The summed E-state index contributed by atoms with van der Waals surface area (Å²) in [5.74, 6) is -0.653. The van der Waals surface area contributed by atoms with Crippen molar-refractivity contribution < 1.29 is 14.7 Å². The molecule has 0 aliphatic heterocycles. The zero-order valence-electron chi connectivity index (χ0n) is 12.5. The summed E-state index contributed by atoms with van der Waals surface area (Å²) in [6, 6.07) is 15.0. The van der Waals surface area contributed by atoms with Crippen LogP contribution in [0.4, 0.5) is 5.69 Å². The fourth-order valence-corrected chi connectivity index (χ4v) is 2.26. The van der Waals surface area contributed by atoms with Crippen molar-refractivity contribution in [2.24, 2.45) is 5.16 Å². The van der Waals surface area contributed by atoms with Crippen LogP contribution in [-0.4, -0.2) is 30.5 Å². The van der Waals surface area contributed by atoms with Gasteiger partial charge in [0, 0.05) is 23.9 Å². The highest BCUT2D eigenvalue weighted by atomic mass is 16.5. The topological polar surface area (TPSA) is 70.9 Å². The minimum atomic E-state index is -0.653. The first-order valence-electron chi connectivity index (χ1n) is 6.98. The molecule has 0 aliphatic carbocycles. The Kier molecular flexibility index (Phi) is 5.14. The van der Waals surface area contributed by atoms with Crippen molar-refractivity contribution in [1.29, 1.82) is 0 Å². The van der Waals surface area contributed by atoms with Crippen LogP contribution in [0.15, 0.2) is 53.7 Å². The molecule has 2 N–H and O–H groups in total. The number of hydrogen-bond donors (Lipinski definition) is 2. The van der Waals surface area contributed by atoms with Crippen molar-refractivity contribution >= 4 is 17.4 Å².